The van der Waals surface area contributed by atoms with Crippen LogP contribution in [0.5, 0.6) is 11.5 Å². The van der Waals surface area contributed by atoms with E-state index in [2.05, 4.69) is 15.0 Å². The molecule has 0 spiro atoms. The zero-order valence-corrected chi connectivity index (χ0v) is 16.4. The topological polar surface area (TPSA) is 74.3 Å². The Balaban J connectivity index is 1.72. The smallest absolute Gasteiger partial charge is 0.492 e. The lowest BCUT2D eigenvalue weighted by molar-refractivity contribution is -0.274. The van der Waals surface area contributed by atoms with Crippen molar-refractivity contribution in [1.29, 1.82) is 0 Å². The summed E-state index contributed by atoms with van der Waals surface area (Å²) in [4.78, 5) is 4.63. The minimum atomic E-state index is -4.72. The Morgan fingerprint density at radius 2 is 1.69 bits per heavy atom. The van der Waals surface area contributed by atoms with Crippen LogP contribution in [0.15, 0.2) is 42.5 Å². The maximum atomic E-state index is 12.2. The number of nitrogen functional groups attached to an aromatic ring is 1. The number of anilines is 2. The van der Waals surface area contributed by atoms with Crippen LogP contribution in [-0.2, 0) is 6.54 Å². The lowest BCUT2D eigenvalue weighted by Gasteiger charge is -2.22. The number of benzene rings is 2. The molecule has 0 aliphatic heterocycles. The van der Waals surface area contributed by atoms with Crippen molar-refractivity contribution in [3.63, 3.8) is 0 Å². The number of hydrogen-bond acceptors (Lipinski definition) is 5. The molecule has 0 saturated heterocycles. The molecule has 29 heavy (non-hydrogen) atoms. The standard InChI is InChI=1S/C20H23F3N4O2/c1-19(2,3)26-18-25-16-9-4-13(24)12-17(16)27(18)10-11-28-14-5-7-15(8-6-14)29-20(21,22)23/h4-9,12H,10-11,24H2,1-3H3,(H,25,26). The maximum Gasteiger partial charge on any atom is 0.573 e. The number of nitrogens with zero attached hydrogens (tertiary/aromatic N) is 2. The minimum Gasteiger partial charge on any atom is -0.492 e. The molecule has 1 heterocycles. The van der Waals surface area contributed by atoms with Crippen molar-refractivity contribution in [2.24, 2.45) is 0 Å². The first kappa shape index (κ1) is 20.6. The van der Waals surface area contributed by atoms with E-state index >= 15 is 0 Å². The molecule has 3 aromatic rings. The number of hydrogen-bond donors (Lipinski definition) is 2. The van der Waals surface area contributed by atoms with Crippen molar-refractivity contribution in [2.45, 2.75) is 39.2 Å². The number of fused-ring (bicyclic) bond motifs is 1. The Hall–Kier alpha value is -3.10. The highest BCUT2D eigenvalue weighted by molar-refractivity contribution is 5.82. The third kappa shape index (κ3) is 5.69. The molecule has 3 rings (SSSR count). The molecule has 0 unspecified atom stereocenters. The molecule has 0 bridgehead atoms. The van der Waals surface area contributed by atoms with E-state index in [1.54, 1.807) is 6.07 Å². The molecule has 2 aromatic carbocycles. The largest absolute Gasteiger partial charge is 0.573 e. The SMILES string of the molecule is CC(C)(C)Nc1nc2ccc(N)cc2n1CCOc1ccc(OC(F)(F)F)cc1. The van der Waals surface area contributed by atoms with Crippen LogP contribution in [-0.4, -0.2) is 28.1 Å². The number of nitrogens with one attached hydrogen (secondary N) is 1. The Kier molecular flexibility index (Phi) is 5.50. The highest BCUT2D eigenvalue weighted by Crippen LogP contribution is 2.26. The average Bonchev–Trinajstić information content (AvgIpc) is 2.90. The van der Waals surface area contributed by atoms with Crippen molar-refractivity contribution < 1.29 is 22.6 Å². The Morgan fingerprint density at radius 3 is 2.31 bits per heavy atom. The third-order valence-electron chi connectivity index (χ3n) is 3.90. The monoisotopic (exact) mass is 408 g/mol. The molecule has 0 atom stereocenters. The average molecular weight is 408 g/mol. The summed E-state index contributed by atoms with van der Waals surface area (Å²) in [5.41, 5.74) is 8.03. The van der Waals surface area contributed by atoms with Crippen molar-refractivity contribution >= 4 is 22.7 Å². The number of rotatable bonds is 6. The van der Waals surface area contributed by atoms with E-state index in [1.807, 2.05) is 37.5 Å². The summed E-state index contributed by atoms with van der Waals surface area (Å²) in [5, 5.41) is 3.37. The zero-order chi connectivity index (χ0) is 21.2. The summed E-state index contributed by atoms with van der Waals surface area (Å²) >= 11 is 0. The minimum absolute atomic E-state index is 0.195. The first-order chi connectivity index (χ1) is 13.5. The summed E-state index contributed by atoms with van der Waals surface area (Å²) in [6.07, 6.45) is -4.72. The number of halogens is 3. The first-order valence-electron chi connectivity index (χ1n) is 9.03. The van der Waals surface area contributed by atoms with Crippen molar-refractivity contribution in [3.8, 4) is 11.5 Å². The zero-order valence-electron chi connectivity index (χ0n) is 16.4. The fourth-order valence-electron chi connectivity index (χ4n) is 2.79. The van der Waals surface area contributed by atoms with Gasteiger partial charge in [0, 0.05) is 11.2 Å². The van der Waals surface area contributed by atoms with Gasteiger partial charge in [-0.3, -0.25) is 0 Å². The number of alkyl halides is 3. The van der Waals surface area contributed by atoms with E-state index in [0.717, 1.165) is 11.0 Å². The van der Waals surface area contributed by atoms with E-state index in [9.17, 15) is 13.2 Å². The van der Waals surface area contributed by atoms with Crippen LogP contribution in [0.4, 0.5) is 24.8 Å². The normalized spacial score (nSPS) is 12.2. The lowest BCUT2D eigenvalue weighted by atomic mass is 10.1. The summed E-state index contributed by atoms with van der Waals surface area (Å²) in [6.45, 7) is 6.86. The fourth-order valence-corrected chi connectivity index (χ4v) is 2.79. The van der Waals surface area contributed by atoms with E-state index in [0.29, 0.717) is 30.5 Å². The van der Waals surface area contributed by atoms with Crippen LogP contribution in [0.1, 0.15) is 20.8 Å². The molecule has 0 amide bonds. The molecule has 6 nitrogen and oxygen atoms in total. The van der Waals surface area contributed by atoms with Crippen LogP contribution in [0.3, 0.4) is 0 Å². The first-order valence-corrected chi connectivity index (χ1v) is 9.03. The van der Waals surface area contributed by atoms with Crippen molar-refractivity contribution in [1.82, 2.24) is 9.55 Å². The molecular weight excluding hydrogens is 385 g/mol. The van der Waals surface area contributed by atoms with Gasteiger partial charge in [0.05, 0.1) is 17.6 Å². The molecule has 156 valence electrons. The number of aromatic nitrogens is 2. The van der Waals surface area contributed by atoms with Crippen molar-refractivity contribution in [2.75, 3.05) is 17.7 Å². The van der Waals surface area contributed by atoms with Crippen LogP contribution in [0, 0.1) is 0 Å². The van der Waals surface area contributed by atoms with Gasteiger partial charge in [0.2, 0.25) is 5.95 Å². The Labute approximate surface area is 166 Å². The van der Waals surface area contributed by atoms with Crippen LogP contribution in [0.2, 0.25) is 0 Å². The summed E-state index contributed by atoms with van der Waals surface area (Å²) in [6, 6.07) is 10.8. The molecule has 0 radical (unpaired) electrons. The predicted octanol–water partition coefficient (Wildman–Crippen LogP) is 4.81. The number of ether oxygens (including phenoxy) is 2. The second-order valence-corrected chi connectivity index (χ2v) is 7.58. The highest BCUT2D eigenvalue weighted by Gasteiger charge is 2.31. The van der Waals surface area contributed by atoms with Gasteiger partial charge in [-0.05, 0) is 63.2 Å². The molecule has 0 fully saturated rings. The van der Waals surface area contributed by atoms with Crippen LogP contribution in [0.25, 0.3) is 11.0 Å². The summed E-state index contributed by atoms with van der Waals surface area (Å²) in [7, 11) is 0. The highest BCUT2D eigenvalue weighted by atomic mass is 19.4. The van der Waals surface area contributed by atoms with E-state index in [4.69, 9.17) is 10.5 Å². The molecule has 0 aliphatic rings. The third-order valence-corrected chi connectivity index (χ3v) is 3.90. The van der Waals surface area contributed by atoms with Gasteiger partial charge >= 0.3 is 6.36 Å². The Bertz CT molecular complexity index is 976. The predicted molar refractivity (Wildman–Crippen MR) is 106 cm³/mol. The molecule has 1 aromatic heterocycles. The second-order valence-electron chi connectivity index (χ2n) is 7.58. The molecule has 3 N–H and O–H groups in total. The molecule has 9 heteroatoms. The van der Waals surface area contributed by atoms with E-state index in [1.165, 1.54) is 24.3 Å². The quantitative estimate of drug-likeness (QED) is 0.573. The van der Waals surface area contributed by atoms with Gasteiger partial charge in [0.1, 0.15) is 18.1 Å². The second kappa shape index (κ2) is 7.73. The van der Waals surface area contributed by atoms with Gasteiger partial charge in [-0.2, -0.15) is 0 Å². The van der Waals surface area contributed by atoms with E-state index < -0.39 is 6.36 Å². The molecule has 0 aliphatic carbocycles. The maximum absolute atomic E-state index is 12.2. The van der Waals surface area contributed by atoms with Gasteiger partial charge in [0.25, 0.3) is 0 Å². The molecule has 0 saturated carbocycles. The number of nitrogens with two attached hydrogens (primary N) is 1. The van der Waals surface area contributed by atoms with E-state index in [-0.39, 0.29) is 11.3 Å². The van der Waals surface area contributed by atoms with Crippen LogP contribution < -0.4 is 20.5 Å². The van der Waals surface area contributed by atoms with Gasteiger partial charge in [-0.15, -0.1) is 13.2 Å². The number of imidazole rings is 1. The lowest BCUT2D eigenvalue weighted by Crippen LogP contribution is -2.28. The fraction of sp³-hybridized carbons (Fsp3) is 0.350. The van der Waals surface area contributed by atoms with Gasteiger partial charge in [0.15, 0.2) is 0 Å². The van der Waals surface area contributed by atoms with Gasteiger partial charge < -0.3 is 25.1 Å². The van der Waals surface area contributed by atoms with Gasteiger partial charge in [-0.25, -0.2) is 4.98 Å². The van der Waals surface area contributed by atoms with Crippen molar-refractivity contribution in [3.05, 3.63) is 42.5 Å². The summed E-state index contributed by atoms with van der Waals surface area (Å²) in [5.74, 6) is 0.835. The van der Waals surface area contributed by atoms with Gasteiger partial charge in [-0.1, -0.05) is 0 Å². The summed E-state index contributed by atoms with van der Waals surface area (Å²) < 4.78 is 48.2. The Morgan fingerprint density at radius 1 is 1.03 bits per heavy atom. The molecular formula is C20H23F3N4O2. The van der Waals surface area contributed by atoms with Crippen LogP contribution >= 0.6 is 0 Å².